The predicted octanol–water partition coefficient (Wildman–Crippen LogP) is 3.22. The quantitative estimate of drug-likeness (QED) is 0.131. The molecule has 0 aromatic rings. The maximum absolute atomic E-state index is 13.4. The number of aliphatic hydroxyl groups is 5. The topological polar surface area (TPSA) is 284 Å². The van der Waals surface area contributed by atoms with Gasteiger partial charge < -0.3 is 111 Å². The number of ketones is 1. The average molecular weight is 1220 g/mol. The molecule has 0 amide bonds. The third-order valence-corrected chi connectivity index (χ3v) is 21.5. The zero-order chi connectivity index (χ0) is 60.6. The van der Waals surface area contributed by atoms with E-state index in [9.17, 15) is 30.3 Å². The van der Waals surface area contributed by atoms with Crippen molar-refractivity contribution >= 4 is 5.78 Å². The molecular weight excluding hydrogens is 1120 g/mol. The molecule has 3 aliphatic carbocycles. The van der Waals surface area contributed by atoms with Gasteiger partial charge in [0.1, 0.15) is 60.7 Å². The minimum Gasteiger partial charge on any atom is -0.394 e. The molecule has 0 unspecified atom stereocenters. The van der Waals surface area contributed by atoms with Crippen molar-refractivity contribution in [3.63, 3.8) is 0 Å². The molecule has 1 spiro atoms. The number of methoxy groups -OCH3 is 4. The van der Waals surface area contributed by atoms with Gasteiger partial charge >= 0.3 is 0 Å². The van der Waals surface area contributed by atoms with E-state index in [0.29, 0.717) is 44.3 Å². The standard InChI is InChI=1S/C61H98O24/c1-27-19-40(78-57-51(67)50(66)49(65)41(26-62)79-57)56(71-12)58(72-27)83-52-29(3)73-45(21-36(52)63)80-53-31(5)75-47(23-38(53)69-10)82-55-32(6)76-48(24-39(55)70-11)81-54-30(4)74-46(22-37(54)68-9)77-34-16-17-59(7)33(20-34)15-18-61-42(59)25-44(85-61)60(8)35(28(2)84-61)13-14-43(60)64/h15,27-32,34-42,44-58,62-63,65-67H,13-14,16-26H2,1-12H3/t27-,28+,29-,30-,31-,32-,34+,35+,36+,37+,38-,39+,40-,41-,42-,44-,45+,46+,47+,48+,49-,50+,51-,52-,53-,54-,55-,56+,57-,58+,59+,60-,61+/m1/s1. The summed E-state index contributed by atoms with van der Waals surface area (Å²) in [5, 5.41) is 52.6. The van der Waals surface area contributed by atoms with Gasteiger partial charge in [0, 0.05) is 85.2 Å². The average Bonchev–Trinajstić information content (AvgIpc) is 1.57. The first-order valence-corrected chi connectivity index (χ1v) is 31.4. The van der Waals surface area contributed by atoms with Crippen molar-refractivity contribution in [2.24, 2.45) is 22.7 Å². The monoisotopic (exact) mass is 1210 g/mol. The van der Waals surface area contributed by atoms with E-state index in [0.717, 1.165) is 32.1 Å². The second-order valence-corrected chi connectivity index (χ2v) is 26.7. The van der Waals surface area contributed by atoms with Crippen LogP contribution in [0.25, 0.3) is 0 Å². The van der Waals surface area contributed by atoms with Crippen molar-refractivity contribution in [3.05, 3.63) is 11.6 Å². The van der Waals surface area contributed by atoms with Crippen molar-refractivity contribution in [2.75, 3.05) is 35.0 Å². The summed E-state index contributed by atoms with van der Waals surface area (Å²) in [6.45, 7) is 15.4. The lowest BCUT2D eigenvalue weighted by molar-refractivity contribution is -0.364. The van der Waals surface area contributed by atoms with Gasteiger partial charge in [0.25, 0.3) is 0 Å². The fourth-order valence-corrected chi connectivity index (χ4v) is 16.7. The van der Waals surface area contributed by atoms with Crippen molar-refractivity contribution in [1.82, 2.24) is 0 Å². The van der Waals surface area contributed by atoms with Gasteiger partial charge in [-0.3, -0.25) is 4.79 Å². The number of carbonyl (C=O) groups is 1. The van der Waals surface area contributed by atoms with Gasteiger partial charge in [0.15, 0.2) is 43.5 Å². The molecule has 2 saturated carbocycles. The molecule has 0 aromatic heterocycles. The summed E-state index contributed by atoms with van der Waals surface area (Å²) in [5.41, 5.74) is 0.754. The van der Waals surface area contributed by atoms with E-state index in [-0.39, 0.29) is 54.2 Å². The Kier molecular flexibility index (Phi) is 20.1. The first-order valence-electron chi connectivity index (χ1n) is 31.4. The molecular formula is C61H98O24. The van der Waals surface area contributed by atoms with Crippen LogP contribution >= 0.6 is 0 Å². The number of ether oxygens (including phenoxy) is 18. The summed E-state index contributed by atoms with van der Waals surface area (Å²) < 4.78 is 115. The smallest absolute Gasteiger partial charge is 0.187 e. The Morgan fingerprint density at radius 1 is 0.553 bits per heavy atom. The van der Waals surface area contributed by atoms with Gasteiger partial charge in [-0.05, 0) is 86.0 Å². The van der Waals surface area contributed by atoms with Crippen molar-refractivity contribution in [3.8, 4) is 0 Å². The minimum atomic E-state index is -1.62. The van der Waals surface area contributed by atoms with Crippen LogP contribution in [0, 0.1) is 22.7 Å². The molecule has 33 atom stereocenters. The van der Waals surface area contributed by atoms with Crippen molar-refractivity contribution in [2.45, 2.75) is 310 Å². The summed E-state index contributed by atoms with van der Waals surface area (Å²) in [4.78, 5) is 13.4. The second kappa shape index (κ2) is 26.2. The third-order valence-electron chi connectivity index (χ3n) is 21.5. The molecule has 8 saturated heterocycles. The minimum absolute atomic E-state index is 0.0332. The van der Waals surface area contributed by atoms with E-state index in [2.05, 4.69) is 26.8 Å². The van der Waals surface area contributed by atoms with Crippen LogP contribution in [0.3, 0.4) is 0 Å². The van der Waals surface area contributed by atoms with E-state index in [1.807, 2.05) is 20.8 Å². The van der Waals surface area contributed by atoms with Crippen LogP contribution < -0.4 is 0 Å². The summed E-state index contributed by atoms with van der Waals surface area (Å²) >= 11 is 0. The molecule has 486 valence electrons. The van der Waals surface area contributed by atoms with Crippen LogP contribution in [0.1, 0.15) is 132 Å². The molecule has 24 nitrogen and oxygen atoms in total. The molecule has 5 N–H and O–H groups in total. The lowest BCUT2D eigenvalue weighted by Gasteiger charge is -2.53. The van der Waals surface area contributed by atoms with Gasteiger partial charge in [-0.15, -0.1) is 0 Å². The van der Waals surface area contributed by atoms with E-state index in [1.165, 1.54) is 12.7 Å². The molecule has 10 fully saturated rings. The zero-order valence-electron chi connectivity index (χ0n) is 51.6. The number of hydrogen-bond donors (Lipinski definition) is 5. The summed E-state index contributed by atoms with van der Waals surface area (Å²) in [6, 6.07) is 0. The lowest BCUT2D eigenvalue weighted by Crippen LogP contribution is -2.62. The van der Waals surface area contributed by atoms with Crippen LogP contribution in [-0.2, 0) is 90.1 Å². The summed E-state index contributed by atoms with van der Waals surface area (Å²) in [7, 11) is 6.38. The molecule has 11 aliphatic rings. The maximum Gasteiger partial charge on any atom is 0.187 e. The van der Waals surface area contributed by atoms with E-state index >= 15 is 0 Å². The second-order valence-electron chi connectivity index (χ2n) is 26.7. The Labute approximate surface area is 499 Å². The van der Waals surface area contributed by atoms with Crippen LogP contribution in [0.4, 0.5) is 0 Å². The molecule has 0 aromatic carbocycles. The van der Waals surface area contributed by atoms with Gasteiger partial charge in [-0.2, -0.15) is 0 Å². The molecule has 8 heterocycles. The van der Waals surface area contributed by atoms with Crippen molar-refractivity contribution in [1.29, 1.82) is 0 Å². The van der Waals surface area contributed by atoms with E-state index < -0.39 is 159 Å². The first kappa shape index (κ1) is 65.0. The summed E-state index contributed by atoms with van der Waals surface area (Å²) in [5.74, 6) is -0.0306. The highest BCUT2D eigenvalue weighted by atomic mass is 16.8. The Morgan fingerprint density at radius 2 is 1.12 bits per heavy atom. The highest BCUT2D eigenvalue weighted by molar-refractivity contribution is 5.88. The summed E-state index contributed by atoms with van der Waals surface area (Å²) in [6.07, 6.45) is -10.8. The van der Waals surface area contributed by atoms with Crippen LogP contribution in [0.15, 0.2) is 11.6 Å². The largest absolute Gasteiger partial charge is 0.394 e. The highest BCUT2D eigenvalue weighted by Gasteiger charge is 2.69. The van der Waals surface area contributed by atoms with E-state index in [1.54, 1.807) is 35.2 Å². The van der Waals surface area contributed by atoms with Crippen LogP contribution in [0.5, 0.6) is 0 Å². The SMILES string of the molecule is CO[C@@H]1[C@H](O[C@H]2[C@@H](O)C[C@H](O[C@@H]3[C@@H](C)O[C@@H](O[C@H]4[C@@H](OC)C[C@H](O[C@H]5[C@@H](OC)C[C@H](O[C@H]6CC[C@@]7(C)C(=CC[C@@]89O[C@@H](C)[C@@H]%10CCC(=O)[C@]%10(C)[C@@H](C[C@@H]87)O9)C6)O[C@@H]5C)O[C@@H]4C)C[C@H]3OC)O[C@@H]2C)O[C@H](C)C[C@H]1O[C@@H]1O[C@H](CO)[C@@H](O)[C@H](O)[C@H]1O. The molecule has 24 heteroatoms. The van der Waals surface area contributed by atoms with Crippen LogP contribution in [-0.4, -0.2) is 244 Å². The van der Waals surface area contributed by atoms with Gasteiger partial charge in [0.2, 0.25) is 0 Å². The van der Waals surface area contributed by atoms with Crippen LogP contribution in [0.2, 0.25) is 0 Å². The lowest BCUT2D eigenvalue weighted by atomic mass is 9.56. The number of fused-ring (bicyclic) bond motifs is 5. The van der Waals surface area contributed by atoms with Gasteiger partial charge in [0.05, 0.1) is 91.4 Å². The highest BCUT2D eigenvalue weighted by Crippen LogP contribution is 2.66. The number of rotatable bonds is 17. The Morgan fingerprint density at radius 3 is 1.67 bits per heavy atom. The number of Topliss-reactive ketones (excluding diaryl/α,β-unsaturated/α-hetero) is 1. The van der Waals surface area contributed by atoms with Crippen molar-refractivity contribution < 1.29 is 116 Å². The number of hydrogen-bond acceptors (Lipinski definition) is 24. The van der Waals surface area contributed by atoms with E-state index in [4.69, 9.17) is 85.3 Å². The number of carbonyl (C=O) groups excluding carboxylic acids is 1. The Bertz CT molecular complexity index is 2270. The molecule has 85 heavy (non-hydrogen) atoms. The fraction of sp³-hybridized carbons (Fsp3) is 0.951. The maximum atomic E-state index is 13.4. The third kappa shape index (κ3) is 12.4. The molecule has 0 radical (unpaired) electrons. The number of aliphatic hydroxyl groups excluding tert-OH is 5. The Balaban J connectivity index is 0.639. The first-order chi connectivity index (χ1) is 40.5. The zero-order valence-corrected chi connectivity index (χ0v) is 51.6. The van der Waals surface area contributed by atoms with Gasteiger partial charge in [-0.25, -0.2) is 0 Å². The molecule has 8 aliphatic heterocycles. The Hall–Kier alpha value is -1.51. The molecule has 2 bridgehead atoms. The normalized spacial score (nSPS) is 53.8. The van der Waals surface area contributed by atoms with Gasteiger partial charge in [-0.1, -0.05) is 18.6 Å². The predicted molar refractivity (Wildman–Crippen MR) is 294 cm³/mol. The fourth-order valence-electron chi connectivity index (χ4n) is 16.7. The molecule has 11 rings (SSSR count).